The van der Waals surface area contributed by atoms with Crippen molar-refractivity contribution < 1.29 is 4.39 Å². The summed E-state index contributed by atoms with van der Waals surface area (Å²) in [6.45, 7) is 8.72. The Hall–Kier alpha value is -1.20. The molecular formula is C13H21FN4. The second-order valence-corrected chi connectivity index (χ2v) is 5.33. The number of hydrogen-bond donors (Lipinski definition) is 1. The first-order valence-corrected chi connectivity index (χ1v) is 6.34. The molecular weight excluding hydrogens is 231 g/mol. The molecule has 5 heteroatoms. The standard InChI is InChI=1S/C13H21FN4/c1-13(2,10-15)18-7-5-17(6-8-18)12-4-3-11(14)9-16-12/h3-4,9H,5-8,10,15H2,1-2H3. The second kappa shape index (κ2) is 5.20. The van der Waals surface area contributed by atoms with Crippen LogP contribution in [0, 0.1) is 5.82 Å². The normalized spacial score (nSPS) is 18.1. The van der Waals surface area contributed by atoms with Crippen LogP contribution in [-0.4, -0.2) is 48.1 Å². The van der Waals surface area contributed by atoms with Crippen molar-refractivity contribution in [3.63, 3.8) is 0 Å². The van der Waals surface area contributed by atoms with Crippen LogP contribution in [0.1, 0.15) is 13.8 Å². The van der Waals surface area contributed by atoms with Crippen molar-refractivity contribution in [1.82, 2.24) is 9.88 Å². The van der Waals surface area contributed by atoms with Crippen LogP contribution in [0.15, 0.2) is 18.3 Å². The van der Waals surface area contributed by atoms with Gasteiger partial charge in [0.25, 0.3) is 0 Å². The van der Waals surface area contributed by atoms with Gasteiger partial charge in [0.15, 0.2) is 0 Å². The first kappa shape index (κ1) is 13.2. The van der Waals surface area contributed by atoms with Crippen molar-refractivity contribution in [2.75, 3.05) is 37.6 Å². The number of rotatable bonds is 3. The van der Waals surface area contributed by atoms with Crippen molar-refractivity contribution in [2.45, 2.75) is 19.4 Å². The quantitative estimate of drug-likeness (QED) is 0.874. The summed E-state index contributed by atoms with van der Waals surface area (Å²) in [5.41, 5.74) is 5.83. The Bertz CT molecular complexity index is 382. The largest absolute Gasteiger partial charge is 0.354 e. The van der Waals surface area contributed by atoms with Crippen LogP contribution in [0.5, 0.6) is 0 Å². The summed E-state index contributed by atoms with van der Waals surface area (Å²) in [5, 5.41) is 0. The molecule has 4 nitrogen and oxygen atoms in total. The lowest BCUT2D eigenvalue weighted by atomic mass is 10.0. The van der Waals surface area contributed by atoms with Gasteiger partial charge in [-0.25, -0.2) is 9.37 Å². The van der Waals surface area contributed by atoms with Crippen molar-refractivity contribution in [1.29, 1.82) is 0 Å². The maximum Gasteiger partial charge on any atom is 0.141 e. The zero-order valence-corrected chi connectivity index (χ0v) is 11.1. The number of nitrogens with zero attached hydrogens (tertiary/aromatic N) is 3. The summed E-state index contributed by atoms with van der Waals surface area (Å²) >= 11 is 0. The van der Waals surface area contributed by atoms with Gasteiger partial charge in [0.1, 0.15) is 11.6 Å². The molecule has 100 valence electrons. The minimum atomic E-state index is -0.290. The fourth-order valence-corrected chi connectivity index (χ4v) is 2.23. The Labute approximate surface area is 108 Å². The zero-order chi connectivity index (χ0) is 13.2. The van der Waals surface area contributed by atoms with Gasteiger partial charge in [-0.2, -0.15) is 0 Å². The van der Waals surface area contributed by atoms with Crippen LogP contribution < -0.4 is 10.6 Å². The zero-order valence-electron chi connectivity index (χ0n) is 11.1. The summed E-state index contributed by atoms with van der Waals surface area (Å²) < 4.78 is 12.8. The molecule has 1 aromatic rings. The lowest BCUT2D eigenvalue weighted by molar-refractivity contribution is 0.119. The summed E-state index contributed by atoms with van der Waals surface area (Å²) in [6.07, 6.45) is 1.27. The molecule has 1 saturated heterocycles. The topological polar surface area (TPSA) is 45.4 Å². The average Bonchev–Trinajstić information content (AvgIpc) is 2.40. The van der Waals surface area contributed by atoms with Gasteiger partial charge in [-0.3, -0.25) is 4.90 Å². The average molecular weight is 252 g/mol. The number of piperazine rings is 1. The Kier molecular flexibility index (Phi) is 3.82. The highest BCUT2D eigenvalue weighted by Gasteiger charge is 2.28. The third kappa shape index (κ3) is 2.79. The first-order chi connectivity index (χ1) is 8.53. The van der Waals surface area contributed by atoms with E-state index in [9.17, 15) is 4.39 Å². The van der Waals surface area contributed by atoms with Crippen LogP contribution in [0.3, 0.4) is 0 Å². The fraction of sp³-hybridized carbons (Fsp3) is 0.615. The molecule has 2 heterocycles. The van der Waals surface area contributed by atoms with E-state index in [0.29, 0.717) is 6.54 Å². The third-order valence-corrected chi connectivity index (χ3v) is 3.67. The SMILES string of the molecule is CC(C)(CN)N1CCN(c2ccc(F)cn2)CC1. The maximum absolute atomic E-state index is 12.8. The fourth-order valence-electron chi connectivity index (χ4n) is 2.23. The molecule has 0 amide bonds. The Morgan fingerprint density at radius 3 is 2.44 bits per heavy atom. The van der Waals surface area contributed by atoms with Gasteiger partial charge in [0, 0.05) is 38.3 Å². The minimum Gasteiger partial charge on any atom is -0.354 e. The van der Waals surface area contributed by atoms with Gasteiger partial charge in [0.2, 0.25) is 0 Å². The summed E-state index contributed by atoms with van der Waals surface area (Å²) in [4.78, 5) is 8.70. The van der Waals surface area contributed by atoms with E-state index in [1.54, 1.807) is 6.07 Å². The summed E-state index contributed by atoms with van der Waals surface area (Å²) in [6, 6.07) is 3.19. The predicted octanol–water partition coefficient (Wildman–Crippen LogP) is 1.08. The molecule has 0 aliphatic carbocycles. The molecule has 0 bridgehead atoms. The highest BCUT2D eigenvalue weighted by atomic mass is 19.1. The lowest BCUT2D eigenvalue weighted by Crippen LogP contribution is -2.57. The van der Waals surface area contributed by atoms with Crippen molar-refractivity contribution in [2.24, 2.45) is 5.73 Å². The van der Waals surface area contributed by atoms with Crippen LogP contribution in [0.2, 0.25) is 0 Å². The van der Waals surface area contributed by atoms with E-state index in [0.717, 1.165) is 32.0 Å². The Morgan fingerprint density at radius 1 is 1.28 bits per heavy atom. The highest BCUT2D eigenvalue weighted by Crippen LogP contribution is 2.19. The number of aromatic nitrogens is 1. The molecule has 0 radical (unpaired) electrons. The summed E-state index contributed by atoms with van der Waals surface area (Å²) in [7, 11) is 0. The van der Waals surface area contributed by atoms with E-state index in [-0.39, 0.29) is 11.4 Å². The van der Waals surface area contributed by atoms with Crippen LogP contribution >= 0.6 is 0 Å². The van der Waals surface area contributed by atoms with E-state index in [1.807, 2.05) is 0 Å². The Balaban J connectivity index is 1.96. The first-order valence-electron chi connectivity index (χ1n) is 6.34. The molecule has 0 spiro atoms. The van der Waals surface area contributed by atoms with E-state index in [1.165, 1.54) is 12.3 Å². The highest BCUT2D eigenvalue weighted by molar-refractivity contribution is 5.38. The van der Waals surface area contributed by atoms with Gasteiger partial charge in [-0.05, 0) is 26.0 Å². The van der Waals surface area contributed by atoms with Gasteiger partial charge in [-0.1, -0.05) is 0 Å². The molecule has 0 aromatic carbocycles. The van der Waals surface area contributed by atoms with Gasteiger partial charge in [-0.15, -0.1) is 0 Å². The van der Waals surface area contributed by atoms with Crippen molar-refractivity contribution in [3.8, 4) is 0 Å². The molecule has 0 saturated carbocycles. The molecule has 2 rings (SSSR count). The number of pyridine rings is 1. The molecule has 2 N–H and O–H groups in total. The van der Waals surface area contributed by atoms with Crippen LogP contribution in [0.25, 0.3) is 0 Å². The minimum absolute atomic E-state index is 0.0440. The third-order valence-electron chi connectivity index (χ3n) is 3.67. The van der Waals surface area contributed by atoms with E-state index >= 15 is 0 Å². The van der Waals surface area contributed by atoms with E-state index in [2.05, 4.69) is 28.6 Å². The maximum atomic E-state index is 12.8. The van der Waals surface area contributed by atoms with Gasteiger partial charge >= 0.3 is 0 Å². The lowest BCUT2D eigenvalue weighted by Gasteiger charge is -2.43. The summed E-state index contributed by atoms with van der Waals surface area (Å²) in [5.74, 6) is 0.559. The van der Waals surface area contributed by atoms with Crippen molar-refractivity contribution >= 4 is 5.82 Å². The van der Waals surface area contributed by atoms with Crippen LogP contribution in [-0.2, 0) is 0 Å². The molecule has 0 unspecified atom stereocenters. The van der Waals surface area contributed by atoms with Gasteiger partial charge in [0.05, 0.1) is 6.20 Å². The molecule has 1 aromatic heterocycles. The smallest absolute Gasteiger partial charge is 0.141 e. The number of halogens is 1. The predicted molar refractivity (Wildman–Crippen MR) is 71.1 cm³/mol. The molecule has 1 aliphatic rings. The molecule has 18 heavy (non-hydrogen) atoms. The number of hydrogen-bond acceptors (Lipinski definition) is 4. The van der Waals surface area contributed by atoms with Gasteiger partial charge < -0.3 is 10.6 Å². The molecule has 1 aliphatic heterocycles. The van der Waals surface area contributed by atoms with Crippen molar-refractivity contribution in [3.05, 3.63) is 24.1 Å². The second-order valence-electron chi connectivity index (χ2n) is 5.33. The van der Waals surface area contributed by atoms with Crippen LogP contribution in [0.4, 0.5) is 10.2 Å². The Morgan fingerprint density at radius 2 is 1.94 bits per heavy atom. The molecule has 1 fully saturated rings. The molecule has 0 atom stereocenters. The number of nitrogens with two attached hydrogens (primary N) is 1. The monoisotopic (exact) mass is 252 g/mol. The number of anilines is 1. The van der Waals surface area contributed by atoms with E-state index in [4.69, 9.17) is 5.73 Å². The van der Waals surface area contributed by atoms with E-state index < -0.39 is 0 Å².